The number of halogens is 1. The Bertz CT molecular complexity index is 1170. The zero-order valence-corrected chi connectivity index (χ0v) is 19.5. The fourth-order valence-corrected chi connectivity index (χ4v) is 6.06. The average molecular weight is 457 g/mol. The van der Waals surface area contributed by atoms with Gasteiger partial charge >= 0.3 is 0 Å². The van der Waals surface area contributed by atoms with Gasteiger partial charge in [0.1, 0.15) is 23.7 Å². The Labute approximate surface area is 190 Å². The van der Waals surface area contributed by atoms with E-state index in [0.29, 0.717) is 13.1 Å². The first kappa shape index (κ1) is 21.9. The van der Waals surface area contributed by atoms with Crippen molar-refractivity contribution < 1.29 is 18.8 Å². The largest absolute Gasteiger partial charge is 0.850 e. The Morgan fingerprint density at radius 1 is 1.26 bits per heavy atom. The third kappa shape index (κ3) is 4.49. The zero-order chi connectivity index (χ0) is 22.0. The quantitative estimate of drug-likeness (QED) is 0.484. The van der Waals surface area contributed by atoms with Crippen LogP contribution in [0.4, 0.5) is 10.1 Å². The minimum Gasteiger partial charge on any atom is -0.850 e. The third-order valence-electron chi connectivity index (χ3n) is 5.15. The maximum Gasteiger partial charge on any atom is 0.262 e. The summed E-state index contributed by atoms with van der Waals surface area (Å²) < 4.78 is 21.8. The molecule has 0 radical (unpaired) electrons. The minimum atomic E-state index is -0.407. The summed E-state index contributed by atoms with van der Waals surface area (Å²) in [6, 6.07) is 12.2. The van der Waals surface area contributed by atoms with Gasteiger partial charge in [-0.25, -0.2) is 4.39 Å². The van der Waals surface area contributed by atoms with E-state index in [-0.39, 0.29) is 6.61 Å². The van der Waals surface area contributed by atoms with Gasteiger partial charge in [0.2, 0.25) is 5.52 Å². The first-order valence-corrected chi connectivity index (χ1v) is 11.8. The number of benzene rings is 2. The lowest BCUT2D eigenvalue weighted by Crippen LogP contribution is -2.39. The molecule has 2 aromatic carbocycles. The molecular formula is C24H25FN2O2S2. The summed E-state index contributed by atoms with van der Waals surface area (Å²) in [5.41, 5.74) is 4.28. The Morgan fingerprint density at radius 2 is 2.10 bits per heavy atom. The van der Waals surface area contributed by atoms with E-state index >= 15 is 0 Å². The number of aromatic nitrogens is 1. The molecule has 162 valence electrons. The second kappa shape index (κ2) is 9.42. The monoisotopic (exact) mass is 456 g/mol. The molecule has 2 heterocycles. The number of allylic oxidation sites excluding steroid dienone is 2. The first-order valence-electron chi connectivity index (χ1n) is 10.1. The summed E-state index contributed by atoms with van der Waals surface area (Å²) in [7, 11) is 1.64. The molecule has 0 unspecified atom stereocenters. The first-order chi connectivity index (χ1) is 15.0. The van der Waals surface area contributed by atoms with E-state index in [2.05, 4.69) is 41.8 Å². The Kier molecular flexibility index (Phi) is 6.65. The molecule has 7 heteroatoms. The number of thiazole rings is 1. The van der Waals surface area contributed by atoms with Crippen molar-refractivity contribution in [1.82, 2.24) is 0 Å². The van der Waals surface area contributed by atoms with Crippen molar-refractivity contribution >= 4 is 45.1 Å². The molecule has 4 rings (SSSR count). The molecule has 4 nitrogen and oxygen atoms in total. The lowest BCUT2D eigenvalue weighted by atomic mass is 10.2. The number of nitrogens with zero attached hydrogens (tertiary/aromatic N) is 2. The van der Waals surface area contributed by atoms with Gasteiger partial charge < -0.3 is 14.7 Å². The van der Waals surface area contributed by atoms with Gasteiger partial charge in [-0.3, -0.25) is 0 Å². The van der Waals surface area contributed by atoms with E-state index in [1.165, 1.54) is 0 Å². The zero-order valence-electron chi connectivity index (χ0n) is 17.9. The van der Waals surface area contributed by atoms with Crippen molar-refractivity contribution in [3.8, 4) is 5.75 Å². The van der Waals surface area contributed by atoms with Crippen molar-refractivity contribution in [3.05, 3.63) is 63.6 Å². The van der Waals surface area contributed by atoms with Crippen molar-refractivity contribution in [3.63, 3.8) is 0 Å². The molecule has 3 aromatic rings. The predicted octanol–water partition coefficient (Wildman–Crippen LogP) is 4.69. The third-order valence-corrected chi connectivity index (χ3v) is 7.37. The van der Waals surface area contributed by atoms with Crippen LogP contribution in [0.25, 0.3) is 16.3 Å². The predicted molar refractivity (Wildman–Crippen MR) is 126 cm³/mol. The van der Waals surface area contributed by atoms with Gasteiger partial charge in [-0.1, -0.05) is 35.8 Å². The van der Waals surface area contributed by atoms with E-state index in [9.17, 15) is 9.50 Å². The number of aryl methyl sites for hydroxylation is 1. The maximum absolute atomic E-state index is 13.3. The second-order valence-corrected chi connectivity index (χ2v) is 9.54. The van der Waals surface area contributed by atoms with E-state index in [4.69, 9.17) is 4.74 Å². The van der Waals surface area contributed by atoms with Gasteiger partial charge in [0.15, 0.2) is 0 Å². The molecule has 0 aliphatic carbocycles. The maximum atomic E-state index is 13.3. The summed E-state index contributed by atoms with van der Waals surface area (Å²) in [5.74, 6) is 0.775. The number of hydrogen-bond acceptors (Lipinski definition) is 5. The van der Waals surface area contributed by atoms with Crippen LogP contribution in [0.15, 0.2) is 58.0 Å². The van der Waals surface area contributed by atoms with Crippen LogP contribution in [0.3, 0.4) is 0 Å². The standard InChI is InChI=1S/C24H25FN2O2S2/c1-16-4-6-21-19(12-16)26(9-8-25)23(30-21)13-17(2)14-24-27(10-11-28)20-15-18(29-3)5-7-22(20)31-24/h4-7,12-15H,8-11H2,1-3H3. The van der Waals surface area contributed by atoms with Gasteiger partial charge in [-0.15, -0.1) is 0 Å². The number of thioether (sulfide) groups is 1. The summed E-state index contributed by atoms with van der Waals surface area (Å²) in [6.07, 6.45) is 4.20. The molecule has 0 saturated heterocycles. The van der Waals surface area contributed by atoms with E-state index < -0.39 is 6.67 Å². The molecule has 1 aliphatic rings. The highest BCUT2D eigenvalue weighted by atomic mass is 32.2. The van der Waals surface area contributed by atoms with E-state index in [0.717, 1.165) is 47.7 Å². The molecule has 0 amide bonds. The fraction of sp³-hybridized carbons (Fsp3) is 0.292. The van der Waals surface area contributed by atoms with Crippen LogP contribution in [-0.4, -0.2) is 26.9 Å². The number of anilines is 1. The molecule has 1 aliphatic heterocycles. The van der Waals surface area contributed by atoms with Gasteiger partial charge in [-0.05, 0) is 55.3 Å². The smallest absolute Gasteiger partial charge is 0.262 e. The topological polar surface area (TPSA) is 39.4 Å². The molecular weight excluding hydrogens is 431 g/mol. The average Bonchev–Trinajstić information content (AvgIpc) is 3.26. The number of ether oxygens (including phenoxy) is 1. The molecule has 0 fully saturated rings. The number of rotatable bonds is 7. The molecule has 0 atom stereocenters. The highest BCUT2D eigenvalue weighted by Gasteiger charge is 2.25. The van der Waals surface area contributed by atoms with E-state index in [1.54, 1.807) is 30.2 Å². The normalized spacial score (nSPS) is 15.2. The summed E-state index contributed by atoms with van der Waals surface area (Å²) in [6.45, 7) is 4.23. The lowest BCUT2D eigenvalue weighted by Gasteiger charge is -2.19. The summed E-state index contributed by atoms with van der Waals surface area (Å²) in [5, 5.41) is 13.5. The van der Waals surface area contributed by atoms with Crippen molar-refractivity contribution in [2.75, 3.05) is 31.8 Å². The Morgan fingerprint density at radius 3 is 2.84 bits per heavy atom. The number of fused-ring (bicyclic) bond motifs is 2. The van der Waals surface area contributed by atoms with Crippen LogP contribution in [-0.2, 0) is 6.54 Å². The Hall–Kier alpha value is -2.35. The summed E-state index contributed by atoms with van der Waals surface area (Å²) >= 11 is 3.32. The van der Waals surface area contributed by atoms with Gasteiger partial charge in [-0.2, -0.15) is 4.57 Å². The van der Waals surface area contributed by atoms with Crippen molar-refractivity contribution in [2.45, 2.75) is 25.3 Å². The van der Waals surface area contributed by atoms with Gasteiger partial charge in [0.05, 0.1) is 30.4 Å². The number of alkyl halides is 1. The molecule has 1 aromatic heterocycles. The molecule has 0 spiro atoms. The number of hydrogen-bond donors (Lipinski definition) is 0. The van der Waals surface area contributed by atoms with Crippen LogP contribution >= 0.6 is 23.1 Å². The lowest BCUT2D eigenvalue weighted by molar-refractivity contribution is -0.685. The van der Waals surface area contributed by atoms with Crippen LogP contribution in [0, 0.1) is 6.92 Å². The van der Waals surface area contributed by atoms with Crippen LogP contribution < -0.4 is 19.3 Å². The van der Waals surface area contributed by atoms with Crippen LogP contribution in [0.2, 0.25) is 0 Å². The van der Waals surface area contributed by atoms with Crippen LogP contribution in [0.1, 0.15) is 17.5 Å². The minimum absolute atomic E-state index is 0.191. The molecule has 0 N–H and O–H groups in total. The molecule has 0 saturated carbocycles. The number of methoxy groups -OCH3 is 1. The van der Waals surface area contributed by atoms with Gasteiger partial charge in [0.25, 0.3) is 5.01 Å². The van der Waals surface area contributed by atoms with E-state index in [1.807, 2.05) is 30.0 Å². The highest BCUT2D eigenvalue weighted by Crippen LogP contribution is 2.46. The van der Waals surface area contributed by atoms with Crippen molar-refractivity contribution in [2.24, 2.45) is 0 Å². The highest BCUT2D eigenvalue weighted by molar-refractivity contribution is 8.03. The van der Waals surface area contributed by atoms with Gasteiger partial charge in [0, 0.05) is 11.0 Å². The SMILES string of the molecule is COc1ccc2sc(/C=C(C)/C=C3\Sc4ccc(C)cc4N3CCF)[n+](CC[O-])c2c1. The summed E-state index contributed by atoms with van der Waals surface area (Å²) in [4.78, 5) is 3.19. The Balaban J connectivity index is 1.71. The second-order valence-electron chi connectivity index (χ2n) is 7.41. The fourth-order valence-electron chi connectivity index (χ4n) is 3.70. The van der Waals surface area contributed by atoms with Crippen LogP contribution in [0.5, 0.6) is 5.75 Å². The molecule has 31 heavy (non-hydrogen) atoms. The molecule has 0 bridgehead atoms. The van der Waals surface area contributed by atoms with Crippen molar-refractivity contribution in [1.29, 1.82) is 0 Å².